The van der Waals surface area contributed by atoms with E-state index in [1.165, 1.54) is 6.07 Å². The van der Waals surface area contributed by atoms with Gasteiger partial charge in [-0.3, -0.25) is 4.90 Å². The second kappa shape index (κ2) is 6.63. The molecule has 0 aliphatic rings. The Morgan fingerprint density at radius 1 is 1.50 bits per heavy atom. The van der Waals surface area contributed by atoms with Crippen LogP contribution in [0.25, 0.3) is 0 Å². The zero-order chi connectivity index (χ0) is 12.0. The van der Waals surface area contributed by atoms with Crippen molar-refractivity contribution < 1.29 is 9.50 Å². The summed E-state index contributed by atoms with van der Waals surface area (Å²) in [5.41, 5.74) is 0.719. The number of hydrogen-bond acceptors (Lipinski definition) is 2. The highest BCUT2D eigenvalue weighted by atomic mass is 35.5. The van der Waals surface area contributed by atoms with Crippen LogP contribution in [0.2, 0.25) is 5.02 Å². The van der Waals surface area contributed by atoms with Gasteiger partial charge in [-0.25, -0.2) is 4.39 Å². The van der Waals surface area contributed by atoms with E-state index in [0.717, 1.165) is 5.56 Å². The van der Waals surface area contributed by atoms with Gasteiger partial charge in [0.2, 0.25) is 0 Å². The minimum atomic E-state index is -0.415. The van der Waals surface area contributed by atoms with Gasteiger partial charge in [-0.2, -0.15) is 0 Å². The van der Waals surface area contributed by atoms with E-state index in [4.69, 9.17) is 16.7 Å². The summed E-state index contributed by atoms with van der Waals surface area (Å²) in [6, 6.07) is 4.73. The first-order chi connectivity index (χ1) is 7.69. The number of aliphatic hydroxyl groups excluding tert-OH is 1. The van der Waals surface area contributed by atoms with Crippen molar-refractivity contribution in [2.24, 2.45) is 0 Å². The van der Waals surface area contributed by atoms with Crippen molar-refractivity contribution in [1.82, 2.24) is 4.90 Å². The summed E-state index contributed by atoms with van der Waals surface area (Å²) < 4.78 is 13.2. The van der Waals surface area contributed by atoms with Crippen LogP contribution in [0.15, 0.2) is 30.9 Å². The van der Waals surface area contributed by atoms with Crippen molar-refractivity contribution in [3.63, 3.8) is 0 Å². The summed E-state index contributed by atoms with van der Waals surface area (Å²) in [6.07, 6.45) is 1.74. The lowest BCUT2D eigenvalue weighted by atomic mass is 10.2. The maximum absolute atomic E-state index is 13.2. The summed E-state index contributed by atoms with van der Waals surface area (Å²) in [7, 11) is 0. The fraction of sp³-hybridized carbons (Fsp3) is 0.333. The first kappa shape index (κ1) is 13.2. The Morgan fingerprint density at radius 3 is 2.88 bits per heavy atom. The molecule has 0 bridgehead atoms. The lowest BCUT2D eigenvalue weighted by molar-refractivity contribution is 0.203. The third-order valence-electron chi connectivity index (χ3n) is 2.23. The molecule has 16 heavy (non-hydrogen) atoms. The molecule has 1 aromatic carbocycles. The molecular weight excluding hydrogens is 229 g/mol. The summed E-state index contributed by atoms with van der Waals surface area (Å²) >= 11 is 5.85. The number of nitrogens with zero attached hydrogens (tertiary/aromatic N) is 1. The van der Waals surface area contributed by atoms with Crippen LogP contribution in [-0.4, -0.2) is 29.7 Å². The summed E-state index contributed by atoms with van der Waals surface area (Å²) in [4.78, 5) is 1.94. The molecule has 1 rings (SSSR count). The van der Waals surface area contributed by atoms with Crippen molar-refractivity contribution in [3.05, 3.63) is 47.3 Å². The maximum atomic E-state index is 13.2. The van der Waals surface area contributed by atoms with Crippen molar-refractivity contribution in [2.45, 2.75) is 6.54 Å². The standard InChI is InChI=1S/C12H15ClFNO/c1-2-6-15(7-8-16)9-10-4-3-5-11(14)12(10)13/h2-5,16H,1,6-9H2. The molecule has 4 heteroatoms. The van der Waals surface area contributed by atoms with Gasteiger partial charge in [-0.05, 0) is 11.6 Å². The van der Waals surface area contributed by atoms with E-state index in [1.54, 1.807) is 18.2 Å². The van der Waals surface area contributed by atoms with Gasteiger partial charge in [0.15, 0.2) is 0 Å². The van der Waals surface area contributed by atoms with Gasteiger partial charge in [0.05, 0.1) is 11.6 Å². The Labute approximate surface area is 100.0 Å². The third kappa shape index (κ3) is 3.59. The van der Waals surface area contributed by atoms with E-state index < -0.39 is 5.82 Å². The number of benzene rings is 1. The lowest BCUT2D eigenvalue weighted by Crippen LogP contribution is -2.26. The molecule has 0 saturated heterocycles. The van der Waals surface area contributed by atoms with Crippen LogP contribution >= 0.6 is 11.6 Å². The highest BCUT2D eigenvalue weighted by Gasteiger charge is 2.09. The highest BCUT2D eigenvalue weighted by Crippen LogP contribution is 2.20. The number of halogens is 2. The highest BCUT2D eigenvalue weighted by molar-refractivity contribution is 6.31. The van der Waals surface area contributed by atoms with Crippen molar-refractivity contribution in [1.29, 1.82) is 0 Å². The van der Waals surface area contributed by atoms with E-state index in [-0.39, 0.29) is 11.6 Å². The summed E-state index contributed by atoms with van der Waals surface area (Å²) in [5.74, 6) is -0.415. The molecule has 0 aliphatic carbocycles. The van der Waals surface area contributed by atoms with Gasteiger partial charge in [0.1, 0.15) is 5.82 Å². The third-order valence-corrected chi connectivity index (χ3v) is 2.65. The molecule has 1 aromatic rings. The molecule has 1 N–H and O–H groups in total. The minimum absolute atomic E-state index is 0.0563. The Kier molecular flexibility index (Phi) is 5.46. The van der Waals surface area contributed by atoms with Gasteiger partial charge in [-0.15, -0.1) is 6.58 Å². The van der Waals surface area contributed by atoms with Gasteiger partial charge in [0, 0.05) is 19.6 Å². The Balaban J connectivity index is 2.76. The van der Waals surface area contributed by atoms with Gasteiger partial charge in [0.25, 0.3) is 0 Å². The van der Waals surface area contributed by atoms with Crippen molar-refractivity contribution in [3.8, 4) is 0 Å². The number of rotatable bonds is 6. The van der Waals surface area contributed by atoms with Crippen LogP contribution in [0.1, 0.15) is 5.56 Å². The van der Waals surface area contributed by atoms with E-state index in [2.05, 4.69) is 6.58 Å². The van der Waals surface area contributed by atoms with Crippen LogP contribution in [0.3, 0.4) is 0 Å². The normalized spacial score (nSPS) is 10.8. The van der Waals surface area contributed by atoms with Crippen LogP contribution < -0.4 is 0 Å². The fourth-order valence-electron chi connectivity index (χ4n) is 1.47. The molecule has 0 saturated carbocycles. The van der Waals surface area contributed by atoms with E-state index in [1.807, 2.05) is 4.90 Å². The monoisotopic (exact) mass is 243 g/mol. The predicted molar refractivity (Wildman–Crippen MR) is 64.0 cm³/mol. The topological polar surface area (TPSA) is 23.5 Å². The first-order valence-electron chi connectivity index (χ1n) is 5.06. The van der Waals surface area contributed by atoms with Gasteiger partial charge in [-0.1, -0.05) is 29.8 Å². The van der Waals surface area contributed by atoms with E-state index in [9.17, 15) is 4.39 Å². The predicted octanol–water partition coefficient (Wildman–Crippen LogP) is 2.46. The average Bonchev–Trinajstić information content (AvgIpc) is 2.25. The van der Waals surface area contributed by atoms with Crippen LogP contribution in [0.5, 0.6) is 0 Å². The van der Waals surface area contributed by atoms with Gasteiger partial charge < -0.3 is 5.11 Å². The zero-order valence-electron chi connectivity index (χ0n) is 9.00. The van der Waals surface area contributed by atoms with Crippen LogP contribution in [0, 0.1) is 5.82 Å². The van der Waals surface area contributed by atoms with Crippen LogP contribution in [-0.2, 0) is 6.54 Å². The molecule has 2 nitrogen and oxygen atoms in total. The Bertz CT molecular complexity index is 357. The molecular formula is C12H15ClFNO. The Morgan fingerprint density at radius 2 is 2.25 bits per heavy atom. The zero-order valence-corrected chi connectivity index (χ0v) is 9.75. The second-order valence-corrected chi connectivity index (χ2v) is 3.84. The van der Waals surface area contributed by atoms with E-state index in [0.29, 0.717) is 19.6 Å². The largest absolute Gasteiger partial charge is 0.395 e. The maximum Gasteiger partial charge on any atom is 0.142 e. The Hall–Kier alpha value is -0.900. The quantitative estimate of drug-likeness (QED) is 0.776. The first-order valence-corrected chi connectivity index (χ1v) is 5.43. The summed E-state index contributed by atoms with van der Waals surface area (Å²) in [6.45, 7) is 5.34. The fourth-order valence-corrected chi connectivity index (χ4v) is 1.66. The smallest absolute Gasteiger partial charge is 0.142 e. The van der Waals surface area contributed by atoms with Gasteiger partial charge >= 0.3 is 0 Å². The molecule has 0 aromatic heterocycles. The van der Waals surface area contributed by atoms with Crippen molar-refractivity contribution >= 4 is 11.6 Å². The molecule has 0 unspecified atom stereocenters. The minimum Gasteiger partial charge on any atom is -0.395 e. The molecule has 88 valence electrons. The molecule has 0 aliphatic heterocycles. The van der Waals surface area contributed by atoms with Crippen LogP contribution in [0.4, 0.5) is 4.39 Å². The average molecular weight is 244 g/mol. The molecule has 0 amide bonds. The lowest BCUT2D eigenvalue weighted by Gasteiger charge is -2.20. The van der Waals surface area contributed by atoms with Crippen molar-refractivity contribution in [2.75, 3.05) is 19.7 Å². The molecule has 0 heterocycles. The SMILES string of the molecule is C=CCN(CCO)Cc1cccc(F)c1Cl. The number of hydrogen-bond donors (Lipinski definition) is 1. The molecule has 0 spiro atoms. The molecule has 0 radical (unpaired) electrons. The molecule has 0 fully saturated rings. The molecule has 0 atom stereocenters. The summed E-state index contributed by atoms with van der Waals surface area (Å²) in [5, 5.41) is 9.03. The number of aliphatic hydroxyl groups is 1. The van der Waals surface area contributed by atoms with E-state index >= 15 is 0 Å². The second-order valence-electron chi connectivity index (χ2n) is 3.46.